The maximum atomic E-state index is 12.1. The second-order valence-corrected chi connectivity index (χ2v) is 5.84. The van der Waals surface area contributed by atoms with Gasteiger partial charge in [0.1, 0.15) is 0 Å². The van der Waals surface area contributed by atoms with Crippen molar-refractivity contribution in [1.29, 1.82) is 0 Å². The highest BCUT2D eigenvalue weighted by Gasteiger charge is 2.17. The first-order valence-corrected chi connectivity index (χ1v) is 8.56. The lowest BCUT2D eigenvalue weighted by Gasteiger charge is -2.01. The van der Waals surface area contributed by atoms with Gasteiger partial charge in [0.2, 0.25) is 5.91 Å². The normalized spacial score (nSPS) is 10.9. The van der Waals surface area contributed by atoms with E-state index >= 15 is 0 Å². The molecule has 4 aromatic rings. The van der Waals surface area contributed by atoms with Crippen LogP contribution in [-0.4, -0.2) is 22.7 Å². The van der Waals surface area contributed by atoms with E-state index in [1.165, 1.54) is 0 Å². The zero-order valence-electron chi connectivity index (χ0n) is 14.6. The van der Waals surface area contributed by atoms with Crippen LogP contribution in [0.5, 0.6) is 5.75 Å². The van der Waals surface area contributed by atoms with E-state index in [-0.39, 0.29) is 24.2 Å². The molecule has 7 heteroatoms. The van der Waals surface area contributed by atoms with Crippen LogP contribution in [0, 0.1) is 0 Å². The largest absolute Gasteiger partial charge is 0.490 e. The minimum absolute atomic E-state index is 0.0245. The van der Waals surface area contributed by atoms with Gasteiger partial charge >= 0.3 is 6.01 Å². The molecule has 7 nitrogen and oxygen atoms in total. The number of hydrogen-bond acceptors (Lipinski definition) is 6. The molecule has 2 aromatic carbocycles. The second kappa shape index (κ2) is 7.33. The van der Waals surface area contributed by atoms with Crippen LogP contribution in [-0.2, 0) is 11.2 Å². The molecule has 2 heterocycles. The van der Waals surface area contributed by atoms with Gasteiger partial charge in [-0.2, -0.15) is 0 Å². The van der Waals surface area contributed by atoms with Crippen molar-refractivity contribution in [2.45, 2.75) is 13.3 Å². The third-order valence-corrected chi connectivity index (χ3v) is 3.90. The average Bonchev–Trinajstić information content (AvgIpc) is 3.30. The number of aromatic nitrogens is 2. The van der Waals surface area contributed by atoms with Gasteiger partial charge in [-0.05, 0) is 24.6 Å². The highest BCUT2D eigenvalue weighted by molar-refractivity contribution is 5.90. The molecular weight excluding hydrogens is 346 g/mol. The number of anilines is 1. The van der Waals surface area contributed by atoms with Gasteiger partial charge in [-0.25, -0.2) is 0 Å². The van der Waals surface area contributed by atoms with E-state index in [9.17, 15) is 4.79 Å². The molecule has 136 valence electrons. The number of nitrogens with zero attached hydrogens (tertiary/aromatic N) is 2. The number of ether oxygens (including phenoxy) is 1. The summed E-state index contributed by atoms with van der Waals surface area (Å²) in [4.78, 5) is 12.1. The molecule has 0 aliphatic heterocycles. The van der Waals surface area contributed by atoms with E-state index in [1.54, 1.807) is 6.07 Å². The summed E-state index contributed by atoms with van der Waals surface area (Å²) < 4.78 is 16.9. The van der Waals surface area contributed by atoms with Crippen LogP contribution >= 0.6 is 0 Å². The lowest BCUT2D eigenvalue weighted by molar-refractivity contribution is -0.115. The quantitative estimate of drug-likeness (QED) is 0.555. The molecule has 0 unspecified atom stereocenters. The molecule has 0 saturated heterocycles. The Morgan fingerprint density at radius 3 is 2.74 bits per heavy atom. The van der Waals surface area contributed by atoms with Crippen LogP contribution in [0.3, 0.4) is 0 Å². The SMILES string of the molecule is CCOc1cccc2cc(-c3nnc(NC(=O)Cc4ccccc4)o3)oc12. The summed E-state index contributed by atoms with van der Waals surface area (Å²) in [7, 11) is 0. The summed E-state index contributed by atoms with van der Waals surface area (Å²) in [6.45, 7) is 2.44. The van der Waals surface area contributed by atoms with Crippen molar-refractivity contribution < 1.29 is 18.4 Å². The van der Waals surface area contributed by atoms with E-state index in [2.05, 4.69) is 15.5 Å². The lowest BCUT2D eigenvalue weighted by atomic mass is 10.1. The van der Waals surface area contributed by atoms with E-state index in [1.807, 2.05) is 55.5 Å². The van der Waals surface area contributed by atoms with E-state index in [4.69, 9.17) is 13.6 Å². The fourth-order valence-electron chi connectivity index (χ4n) is 2.73. The molecule has 1 N–H and O–H groups in total. The topological polar surface area (TPSA) is 90.4 Å². The molecule has 0 fully saturated rings. The fraction of sp³-hybridized carbons (Fsp3) is 0.150. The van der Waals surface area contributed by atoms with Crippen LogP contribution in [0.15, 0.2) is 63.4 Å². The predicted molar refractivity (Wildman–Crippen MR) is 99.5 cm³/mol. The smallest absolute Gasteiger partial charge is 0.322 e. The third-order valence-electron chi connectivity index (χ3n) is 3.90. The molecule has 0 bridgehead atoms. The maximum absolute atomic E-state index is 12.1. The van der Waals surface area contributed by atoms with Gasteiger partial charge in [0.05, 0.1) is 13.0 Å². The summed E-state index contributed by atoms with van der Waals surface area (Å²) in [5.41, 5.74) is 1.51. The second-order valence-electron chi connectivity index (χ2n) is 5.84. The first-order valence-electron chi connectivity index (χ1n) is 8.56. The van der Waals surface area contributed by atoms with Gasteiger partial charge in [0, 0.05) is 5.39 Å². The number of carbonyl (C=O) groups excluding carboxylic acids is 1. The highest BCUT2D eigenvalue weighted by atomic mass is 16.5. The van der Waals surface area contributed by atoms with E-state index < -0.39 is 0 Å². The molecule has 2 aromatic heterocycles. The molecular formula is C20H17N3O4. The third kappa shape index (κ3) is 3.67. The van der Waals surface area contributed by atoms with Crippen molar-refractivity contribution in [3.63, 3.8) is 0 Å². The summed E-state index contributed by atoms with van der Waals surface area (Å²) in [5.74, 6) is 1.01. The van der Waals surface area contributed by atoms with E-state index in [0.29, 0.717) is 23.7 Å². The molecule has 0 saturated carbocycles. The number of benzene rings is 2. The van der Waals surface area contributed by atoms with Crippen LogP contribution < -0.4 is 10.1 Å². The highest BCUT2D eigenvalue weighted by Crippen LogP contribution is 2.33. The summed E-state index contributed by atoms with van der Waals surface area (Å²) in [5, 5.41) is 11.3. The maximum Gasteiger partial charge on any atom is 0.322 e. The minimum atomic E-state index is -0.236. The summed E-state index contributed by atoms with van der Waals surface area (Å²) in [6, 6.07) is 16.9. The number of carbonyl (C=O) groups is 1. The van der Waals surface area contributed by atoms with Crippen LogP contribution in [0.25, 0.3) is 22.6 Å². The Morgan fingerprint density at radius 1 is 1.07 bits per heavy atom. The predicted octanol–water partition coefficient (Wildman–Crippen LogP) is 4.06. The summed E-state index contributed by atoms with van der Waals surface area (Å²) in [6.07, 6.45) is 0.223. The van der Waals surface area contributed by atoms with Crippen LogP contribution in [0.2, 0.25) is 0 Å². The first kappa shape index (κ1) is 16.8. The van der Waals surface area contributed by atoms with Gasteiger partial charge in [0.25, 0.3) is 5.89 Å². The standard InChI is InChI=1S/C20H17N3O4/c1-2-25-15-10-6-9-14-12-16(26-18(14)15)19-22-23-20(27-19)21-17(24)11-13-7-4-3-5-8-13/h3-10,12H,2,11H2,1H3,(H,21,23,24). The zero-order chi connectivity index (χ0) is 18.6. The van der Waals surface area contributed by atoms with Crippen molar-refractivity contribution in [3.8, 4) is 17.4 Å². The Labute approximate surface area is 155 Å². The first-order chi connectivity index (χ1) is 13.2. The van der Waals surface area contributed by atoms with Crippen molar-refractivity contribution >= 4 is 22.9 Å². The Kier molecular flexibility index (Phi) is 4.57. The Hall–Kier alpha value is -3.61. The van der Waals surface area contributed by atoms with Crippen molar-refractivity contribution in [1.82, 2.24) is 10.2 Å². The van der Waals surface area contributed by atoms with Gasteiger partial charge in [-0.3, -0.25) is 10.1 Å². The molecule has 0 aliphatic rings. The van der Waals surface area contributed by atoms with Crippen molar-refractivity contribution in [3.05, 3.63) is 60.2 Å². The summed E-state index contributed by atoms with van der Waals surface area (Å²) >= 11 is 0. The Balaban J connectivity index is 1.51. The van der Waals surface area contributed by atoms with Gasteiger partial charge in [-0.15, -0.1) is 5.10 Å². The van der Waals surface area contributed by atoms with Gasteiger partial charge in [-0.1, -0.05) is 47.6 Å². The molecule has 27 heavy (non-hydrogen) atoms. The zero-order valence-corrected chi connectivity index (χ0v) is 14.6. The van der Waals surface area contributed by atoms with E-state index in [0.717, 1.165) is 10.9 Å². The number of nitrogens with one attached hydrogen (secondary N) is 1. The van der Waals surface area contributed by atoms with Crippen molar-refractivity contribution in [2.24, 2.45) is 0 Å². The molecule has 0 radical (unpaired) electrons. The number of para-hydroxylation sites is 1. The Bertz CT molecular complexity index is 1070. The average molecular weight is 363 g/mol. The van der Waals surface area contributed by atoms with Crippen LogP contribution in [0.4, 0.5) is 6.01 Å². The lowest BCUT2D eigenvalue weighted by Crippen LogP contribution is -2.14. The number of rotatable bonds is 6. The molecule has 1 amide bonds. The monoisotopic (exact) mass is 363 g/mol. The van der Waals surface area contributed by atoms with Crippen LogP contribution in [0.1, 0.15) is 12.5 Å². The molecule has 0 spiro atoms. The van der Waals surface area contributed by atoms with Crippen molar-refractivity contribution in [2.75, 3.05) is 11.9 Å². The number of furan rings is 1. The molecule has 0 atom stereocenters. The number of hydrogen-bond donors (Lipinski definition) is 1. The van der Waals surface area contributed by atoms with Gasteiger partial charge < -0.3 is 13.6 Å². The van der Waals surface area contributed by atoms with Gasteiger partial charge in [0.15, 0.2) is 17.1 Å². The molecule has 4 rings (SSSR count). The molecule has 0 aliphatic carbocycles. The minimum Gasteiger partial charge on any atom is -0.490 e. The fourth-order valence-corrected chi connectivity index (χ4v) is 2.73. The Morgan fingerprint density at radius 2 is 1.93 bits per heavy atom. The number of amides is 1. The number of fused-ring (bicyclic) bond motifs is 1.